The van der Waals surface area contributed by atoms with Crippen LogP contribution in [0.2, 0.25) is 0 Å². The van der Waals surface area contributed by atoms with Crippen molar-refractivity contribution in [1.82, 2.24) is 20.3 Å². The van der Waals surface area contributed by atoms with Crippen LogP contribution in [0, 0.1) is 5.41 Å². The molecule has 1 amide bonds. The van der Waals surface area contributed by atoms with E-state index in [1.165, 1.54) is 0 Å². The molecule has 7 nitrogen and oxygen atoms in total. The standard InChI is InChI=1S/C13H20N4O3/c18-11(14-6-8-17-9-7-15-16-17)10-13(12(19)20)4-2-1-3-5-13/h7,9H,1-6,8,10H2,(H,14,18)(H,19,20). The zero-order valence-electron chi connectivity index (χ0n) is 11.4. The van der Waals surface area contributed by atoms with Gasteiger partial charge in [-0.15, -0.1) is 5.10 Å². The molecule has 0 saturated heterocycles. The Morgan fingerprint density at radius 3 is 2.65 bits per heavy atom. The first-order chi connectivity index (χ1) is 9.62. The van der Waals surface area contributed by atoms with E-state index in [-0.39, 0.29) is 12.3 Å². The molecule has 1 fully saturated rings. The Balaban J connectivity index is 1.81. The summed E-state index contributed by atoms with van der Waals surface area (Å²) in [5.41, 5.74) is -0.865. The van der Waals surface area contributed by atoms with Gasteiger partial charge < -0.3 is 10.4 Å². The van der Waals surface area contributed by atoms with Gasteiger partial charge in [-0.25, -0.2) is 0 Å². The predicted molar refractivity (Wildman–Crippen MR) is 70.8 cm³/mol. The lowest BCUT2D eigenvalue weighted by Crippen LogP contribution is -2.39. The van der Waals surface area contributed by atoms with Crippen LogP contribution in [0.4, 0.5) is 0 Å². The van der Waals surface area contributed by atoms with Crippen LogP contribution in [0.1, 0.15) is 38.5 Å². The Morgan fingerprint density at radius 2 is 2.05 bits per heavy atom. The fourth-order valence-corrected chi connectivity index (χ4v) is 2.73. The maximum atomic E-state index is 11.9. The quantitative estimate of drug-likeness (QED) is 0.804. The lowest BCUT2D eigenvalue weighted by atomic mass is 9.71. The third kappa shape index (κ3) is 3.55. The molecule has 2 N–H and O–H groups in total. The monoisotopic (exact) mass is 280 g/mol. The fourth-order valence-electron chi connectivity index (χ4n) is 2.73. The maximum absolute atomic E-state index is 11.9. The minimum atomic E-state index is -0.865. The van der Waals surface area contributed by atoms with E-state index in [1.54, 1.807) is 17.1 Å². The average molecular weight is 280 g/mol. The van der Waals surface area contributed by atoms with Crippen LogP contribution < -0.4 is 5.32 Å². The molecular weight excluding hydrogens is 260 g/mol. The second-order valence-electron chi connectivity index (χ2n) is 5.34. The lowest BCUT2D eigenvalue weighted by Gasteiger charge is -2.32. The highest BCUT2D eigenvalue weighted by Gasteiger charge is 2.41. The lowest BCUT2D eigenvalue weighted by molar-refractivity contribution is -0.154. The van der Waals surface area contributed by atoms with E-state index >= 15 is 0 Å². The summed E-state index contributed by atoms with van der Waals surface area (Å²) in [6.07, 6.45) is 7.38. The van der Waals surface area contributed by atoms with E-state index in [4.69, 9.17) is 0 Å². The van der Waals surface area contributed by atoms with Crippen molar-refractivity contribution >= 4 is 11.9 Å². The minimum absolute atomic E-state index is 0.0691. The van der Waals surface area contributed by atoms with Gasteiger partial charge in [0, 0.05) is 19.2 Å². The molecule has 1 aliphatic carbocycles. The topological polar surface area (TPSA) is 97.1 Å². The van der Waals surface area contributed by atoms with Crippen molar-refractivity contribution in [1.29, 1.82) is 0 Å². The van der Waals surface area contributed by atoms with Gasteiger partial charge in [-0.2, -0.15) is 0 Å². The summed E-state index contributed by atoms with van der Waals surface area (Å²) in [4.78, 5) is 23.4. The first kappa shape index (κ1) is 14.5. The van der Waals surface area contributed by atoms with Gasteiger partial charge in [0.25, 0.3) is 0 Å². The van der Waals surface area contributed by atoms with Gasteiger partial charge in [0.05, 0.1) is 18.2 Å². The average Bonchev–Trinajstić information content (AvgIpc) is 2.93. The van der Waals surface area contributed by atoms with Gasteiger partial charge in [0.1, 0.15) is 0 Å². The number of nitrogens with one attached hydrogen (secondary N) is 1. The second kappa shape index (κ2) is 6.49. The molecule has 20 heavy (non-hydrogen) atoms. The van der Waals surface area contributed by atoms with Crippen LogP contribution >= 0.6 is 0 Å². The van der Waals surface area contributed by atoms with Crippen molar-refractivity contribution in [3.8, 4) is 0 Å². The van der Waals surface area contributed by atoms with Gasteiger partial charge in [-0.1, -0.05) is 24.5 Å². The maximum Gasteiger partial charge on any atom is 0.310 e. The van der Waals surface area contributed by atoms with E-state index < -0.39 is 11.4 Å². The summed E-state index contributed by atoms with van der Waals surface area (Å²) in [6.45, 7) is 0.962. The molecule has 7 heteroatoms. The smallest absolute Gasteiger partial charge is 0.310 e. The largest absolute Gasteiger partial charge is 0.481 e. The number of amides is 1. The first-order valence-electron chi connectivity index (χ1n) is 6.97. The highest BCUT2D eigenvalue weighted by molar-refractivity contribution is 5.85. The van der Waals surface area contributed by atoms with E-state index in [2.05, 4.69) is 15.6 Å². The number of carboxylic acids is 1. The Morgan fingerprint density at radius 1 is 1.30 bits per heavy atom. The predicted octanol–water partition coefficient (Wildman–Crippen LogP) is 0.819. The van der Waals surface area contributed by atoms with Crippen LogP contribution in [0.3, 0.4) is 0 Å². The van der Waals surface area contributed by atoms with Crippen LogP contribution in [0.5, 0.6) is 0 Å². The molecule has 0 spiro atoms. The Bertz CT molecular complexity index is 452. The van der Waals surface area contributed by atoms with Gasteiger partial charge in [-0.05, 0) is 12.8 Å². The van der Waals surface area contributed by atoms with Crippen molar-refractivity contribution < 1.29 is 14.7 Å². The fraction of sp³-hybridized carbons (Fsp3) is 0.692. The Kier molecular flexibility index (Phi) is 4.70. The highest BCUT2D eigenvalue weighted by atomic mass is 16.4. The molecule has 0 radical (unpaired) electrons. The normalized spacial score (nSPS) is 17.6. The molecular formula is C13H20N4O3. The summed E-state index contributed by atoms with van der Waals surface area (Å²) in [6, 6.07) is 0. The van der Waals surface area contributed by atoms with Gasteiger partial charge in [0.15, 0.2) is 0 Å². The summed E-state index contributed by atoms with van der Waals surface area (Å²) in [7, 11) is 0. The summed E-state index contributed by atoms with van der Waals surface area (Å²) in [5.74, 6) is -1.04. The van der Waals surface area contributed by atoms with Gasteiger partial charge >= 0.3 is 5.97 Å². The zero-order chi connectivity index (χ0) is 14.4. The van der Waals surface area contributed by atoms with Crippen molar-refractivity contribution in [2.45, 2.75) is 45.1 Å². The summed E-state index contributed by atoms with van der Waals surface area (Å²) in [5, 5.41) is 19.6. The number of rotatable bonds is 6. The number of carboxylic acid groups (broad SMARTS) is 1. The summed E-state index contributed by atoms with van der Waals surface area (Å²) < 4.78 is 1.62. The molecule has 1 aromatic rings. The Hall–Kier alpha value is -1.92. The molecule has 0 atom stereocenters. The molecule has 110 valence electrons. The van der Waals surface area contributed by atoms with Crippen LogP contribution in [-0.4, -0.2) is 38.5 Å². The number of carbonyl (C=O) groups is 2. The van der Waals surface area contributed by atoms with Crippen LogP contribution in [-0.2, 0) is 16.1 Å². The number of carbonyl (C=O) groups excluding carboxylic acids is 1. The van der Waals surface area contributed by atoms with Crippen molar-refractivity contribution in [3.05, 3.63) is 12.4 Å². The van der Waals surface area contributed by atoms with Gasteiger partial charge in [0.2, 0.25) is 5.91 Å². The molecule has 0 aliphatic heterocycles. The first-order valence-corrected chi connectivity index (χ1v) is 6.97. The van der Waals surface area contributed by atoms with E-state index in [0.717, 1.165) is 19.3 Å². The van der Waals surface area contributed by atoms with Crippen LogP contribution in [0.25, 0.3) is 0 Å². The zero-order valence-corrected chi connectivity index (χ0v) is 11.4. The van der Waals surface area contributed by atoms with E-state index in [0.29, 0.717) is 25.9 Å². The van der Waals surface area contributed by atoms with Crippen molar-refractivity contribution in [3.63, 3.8) is 0 Å². The van der Waals surface area contributed by atoms with Crippen LogP contribution in [0.15, 0.2) is 12.4 Å². The molecule has 1 heterocycles. The van der Waals surface area contributed by atoms with Crippen molar-refractivity contribution in [2.75, 3.05) is 6.54 Å². The third-order valence-electron chi connectivity index (χ3n) is 3.90. The summed E-state index contributed by atoms with van der Waals surface area (Å²) >= 11 is 0. The SMILES string of the molecule is O=C(CC1(C(=O)O)CCCCC1)NCCn1ccnn1. The van der Waals surface area contributed by atoms with E-state index in [9.17, 15) is 14.7 Å². The number of aromatic nitrogens is 3. The number of hydrogen-bond donors (Lipinski definition) is 2. The number of aliphatic carboxylic acids is 1. The molecule has 0 unspecified atom stereocenters. The molecule has 1 saturated carbocycles. The molecule has 0 bridgehead atoms. The van der Waals surface area contributed by atoms with Crippen molar-refractivity contribution in [2.24, 2.45) is 5.41 Å². The third-order valence-corrected chi connectivity index (χ3v) is 3.90. The molecule has 2 rings (SSSR count). The second-order valence-corrected chi connectivity index (χ2v) is 5.34. The molecule has 0 aromatic carbocycles. The minimum Gasteiger partial charge on any atom is -0.481 e. The van der Waals surface area contributed by atoms with E-state index in [1.807, 2.05) is 0 Å². The number of nitrogens with zero attached hydrogens (tertiary/aromatic N) is 3. The van der Waals surface area contributed by atoms with Gasteiger partial charge in [-0.3, -0.25) is 14.3 Å². The number of hydrogen-bond acceptors (Lipinski definition) is 4. The molecule has 1 aromatic heterocycles. The highest BCUT2D eigenvalue weighted by Crippen LogP contribution is 2.39. The molecule has 1 aliphatic rings. The Labute approximate surface area is 117 Å².